The molecular weight excluding hydrogens is 296 g/mol. The Morgan fingerprint density at radius 1 is 1.48 bits per heavy atom. The first-order valence-electron chi connectivity index (χ1n) is 7.57. The summed E-state index contributed by atoms with van der Waals surface area (Å²) >= 11 is 0. The van der Waals surface area contributed by atoms with Crippen LogP contribution in [-0.4, -0.2) is 41.2 Å². The van der Waals surface area contributed by atoms with E-state index in [4.69, 9.17) is 9.15 Å². The smallest absolute Gasteiger partial charge is 0.308 e. The van der Waals surface area contributed by atoms with Crippen molar-refractivity contribution >= 4 is 5.97 Å². The van der Waals surface area contributed by atoms with E-state index in [9.17, 15) is 9.90 Å². The average Bonchev–Trinajstić information content (AvgIpc) is 3.14. The second-order valence-electron chi connectivity index (χ2n) is 5.88. The molecule has 6 nitrogen and oxygen atoms in total. The monoisotopic (exact) mass is 316 g/mol. The number of benzene rings is 1. The molecule has 1 aliphatic heterocycles. The Balaban J connectivity index is 1.79. The lowest BCUT2D eigenvalue weighted by Gasteiger charge is -2.16. The van der Waals surface area contributed by atoms with Crippen LogP contribution in [-0.2, 0) is 11.3 Å². The van der Waals surface area contributed by atoms with Crippen LogP contribution in [0.4, 0.5) is 0 Å². The highest BCUT2D eigenvalue weighted by Crippen LogP contribution is 2.35. The molecule has 0 unspecified atom stereocenters. The van der Waals surface area contributed by atoms with Crippen LogP contribution in [0.5, 0.6) is 5.75 Å². The zero-order chi connectivity index (χ0) is 16.4. The van der Waals surface area contributed by atoms with E-state index in [0.717, 1.165) is 17.0 Å². The average molecular weight is 316 g/mol. The minimum Gasteiger partial charge on any atom is -0.497 e. The number of rotatable bonds is 5. The van der Waals surface area contributed by atoms with Crippen molar-refractivity contribution in [1.82, 2.24) is 9.88 Å². The quantitative estimate of drug-likeness (QED) is 0.912. The van der Waals surface area contributed by atoms with Gasteiger partial charge in [0.15, 0.2) is 5.89 Å². The highest BCUT2D eigenvalue weighted by Gasteiger charge is 2.38. The van der Waals surface area contributed by atoms with E-state index in [-0.39, 0.29) is 5.92 Å². The molecule has 2 heterocycles. The van der Waals surface area contributed by atoms with E-state index in [2.05, 4.69) is 9.88 Å². The van der Waals surface area contributed by atoms with Gasteiger partial charge in [0.2, 0.25) is 0 Å². The Morgan fingerprint density at radius 3 is 2.96 bits per heavy atom. The molecule has 3 rings (SSSR count). The SMILES string of the molecule is COc1cccc([C@@H]2CN(Cc3coc(C)n3)C[C@H]2C(=O)O)c1. The molecule has 2 atom stereocenters. The topological polar surface area (TPSA) is 75.8 Å². The van der Waals surface area contributed by atoms with Gasteiger partial charge in [-0.25, -0.2) is 4.98 Å². The summed E-state index contributed by atoms with van der Waals surface area (Å²) in [5.41, 5.74) is 1.83. The molecule has 23 heavy (non-hydrogen) atoms. The van der Waals surface area contributed by atoms with Gasteiger partial charge in [0.05, 0.1) is 18.7 Å². The van der Waals surface area contributed by atoms with Crippen molar-refractivity contribution in [3.05, 3.63) is 47.7 Å². The van der Waals surface area contributed by atoms with Gasteiger partial charge in [0, 0.05) is 32.5 Å². The van der Waals surface area contributed by atoms with E-state index < -0.39 is 11.9 Å². The van der Waals surface area contributed by atoms with Gasteiger partial charge in [0.25, 0.3) is 0 Å². The highest BCUT2D eigenvalue weighted by atomic mass is 16.5. The Bertz CT molecular complexity index is 697. The first-order chi connectivity index (χ1) is 11.1. The summed E-state index contributed by atoms with van der Waals surface area (Å²) in [6.07, 6.45) is 1.63. The van der Waals surface area contributed by atoms with E-state index in [0.29, 0.717) is 25.5 Å². The van der Waals surface area contributed by atoms with Crippen LogP contribution in [0.2, 0.25) is 0 Å². The molecule has 1 fully saturated rings. The second-order valence-corrected chi connectivity index (χ2v) is 5.88. The molecule has 0 spiro atoms. The molecule has 1 N–H and O–H groups in total. The zero-order valence-corrected chi connectivity index (χ0v) is 13.2. The summed E-state index contributed by atoms with van der Waals surface area (Å²) in [5, 5.41) is 9.57. The third kappa shape index (κ3) is 3.37. The van der Waals surface area contributed by atoms with Crippen molar-refractivity contribution in [2.45, 2.75) is 19.4 Å². The fourth-order valence-corrected chi connectivity index (χ4v) is 3.18. The Kier molecular flexibility index (Phi) is 4.34. The maximum Gasteiger partial charge on any atom is 0.308 e. The van der Waals surface area contributed by atoms with Crippen LogP contribution < -0.4 is 4.74 Å². The normalized spacial score (nSPS) is 21.5. The van der Waals surface area contributed by atoms with Gasteiger partial charge in [-0.2, -0.15) is 0 Å². The number of aliphatic carboxylic acids is 1. The lowest BCUT2D eigenvalue weighted by Crippen LogP contribution is -2.23. The number of aryl methyl sites for hydroxylation is 1. The number of methoxy groups -OCH3 is 1. The Hall–Kier alpha value is -2.34. The third-order valence-electron chi connectivity index (χ3n) is 4.29. The zero-order valence-electron chi connectivity index (χ0n) is 13.2. The van der Waals surface area contributed by atoms with E-state index in [1.807, 2.05) is 24.3 Å². The number of hydrogen-bond donors (Lipinski definition) is 1. The van der Waals surface area contributed by atoms with E-state index >= 15 is 0 Å². The van der Waals surface area contributed by atoms with Crippen LogP contribution in [0, 0.1) is 12.8 Å². The molecule has 0 saturated carbocycles. The Morgan fingerprint density at radius 2 is 2.30 bits per heavy atom. The molecule has 1 aromatic carbocycles. The van der Waals surface area contributed by atoms with Gasteiger partial charge >= 0.3 is 5.97 Å². The highest BCUT2D eigenvalue weighted by molar-refractivity contribution is 5.72. The number of oxazole rings is 1. The standard InChI is InChI=1S/C17H20N2O4/c1-11-18-13(10-23-11)7-19-8-15(16(9-19)17(20)21)12-4-3-5-14(6-12)22-2/h3-6,10,15-16H,7-9H2,1-2H3,(H,20,21)/t15-,16+/m0/s1. The first kappa shape index (κ1) is 15.6. The number of ether oxygens (including phenoxy) is 1. The molecule has 0 amide bonds. The fourth-order valence-electron chi connectivity index (χ4n) is 3.18. The van der Waals surface area contributed by atoms with Crippen molar-refractivity contribution in [3.63, 3.8) is 0 Å². The summed E-state index contributed by atoms with van der Waals surface area (Å²) in [4.78, 5) is 18.1. The van der Waals surface area contributed by atoms with Crippen molar-refractivity contribution in [2.24, 2.45) is 5.92 Å². The third-order valence-corrected chi connectivity index (χ3v) is 4.29. The summed E-state index contributed by atoms with van der Waals surface area (Å²) in [6, 6.07) is 7.65. The molecule has 0 radical (unpaired) electrons. The van der Waals surface area contributed by atoms with Crippen molar-refractivity contribution < 1.29 is 19.1 Å². The van der Waals surface area contributed by atoms with E-state index in [1.54, 1.807) is 20.3 Å². The molecular formula is C17H20N2O4. The maximum atomic E-state index is 11.6. The molecule has 6 heteroatoms. The number of likely N-dealkylation sites (tertiary alicyclic amines) is 1. The van der Waals surface area contributed by atoms with Gasteiger partial charge in [-0.15, -0.1) is 0 Å². The van der Waals surface area contributed by atoms with Crippen LogP contribution in [0.25, 0.3) is 0 Å². The lowest BCUT2D eigenvalue weighted by atomic mass is 9.89. The molecule has 1 saturated heterocycles. The number of carboxylic acids is 1. The molecule has 0 bridgehead atoms. The van der Waals surface area contributed by atoms with Crippen molar-refractivity contribution in [2.75, 3.05) is 20.2 Å². The molecule has 122 valence electrons. The number of carboxylic acid groups (broad SMARTS) is 1. The van der Waals surface area contributed by atoms with Gasteiger partial charge < -0.3 is 14.3 Å². The summed E-state index contributed by atoms with van der Waals surface area (Å²) in [5.74, 6) is 0.109. The number of nitrogens with zero attached hydrogens (tertiary/aromatic N) is 2. The summed E-state index contributed by atoms with van der Waals surface area (Å²) < 4.78 is 10.5. The van der Waals surface area contributed by atoms with E-state index in [1.165, 1.54) is 0 Å². The predicted octanol–water partition coefficient (Wildman–Crippen LogP) is 2.29. The second kappa shape index (κ2) is 6.42. The van der Waals surface area contributed by atoms with Gasteiger partial charge in [0.1, 0.15) is 12.0 Å². The molecule has 1 aromatic heterocycles. The van der Waals surface area contributed by atoms with Crippen LogP contribution >= 0.6 is 0 Å². The van der Waals surface area contributed by atoms with Crippen LogP contribution in [0.15, 0.2) is 34.9 Å². The number of aromatic nitrogens is 1. The largest absolute Gasteiger partial charge is 0.497 e. The first-order valence-corrected chi connectivity index (χ1v) is 7.57. The fraction of sp³-hybridized carbons (Fsp3) is 0.412. The molecule has 2 aromatic rings. The van der Waals surface area contributed by atoms with Gasteiger partial charge in [-0.1, -0.05) is 12.1 Å². The minimum atomic E-state index is -0.767. The lowest BCUT2D eigenvalue weighted by molar-refractivity contribution is -0.141. The maximum absolute atomic E-state index is 11.6. The van der Waals surface area contributed by atoms with Gasteiger partial charge in [-0.3, -0.25) is 9.69 Å². The Labute approximate surface area is 134 Å². The number of carbonyl (C=O) groups is 1. The molecule has 1 aliphatic rings. The van der Waals surface area contributed by atoms with Crippen molar-refractivity contribution in [3.8, 4) is 5.75 Å². The predicted molar refractivity (Wildman–Crippen MR) is 83.4 cm³/mol. The van der Waals surface area contributed by atoms with Crippen molar-refractivity contribution in [1.29, 1.82) is 0 Å². The molecule has 0 aliphatic carbocycles. The van der Waals surface area contributed by atoms with Crippen LogP contribution in [0.1, 0.15) is 23.1 Å². The minimum absolute atomic E-state index is 0.0596. The van der Waals surface area contributed by atoms with Gasteiger partial charge in [-0.05, 0) is 17.7 Å². The number of hydrogen-bond acceptors (Lipinski definition) is 5. The summed E-state index contributed by atoms with van der Waals surface area (Å²) in [7, 11) is 1.61. The van der Waals surface area contributed by atoms with Crippen LogP contribution in [0.3, 0.4) is 0 Å². The summed E-state index contributed by atoms with van der Waals surface area (Å²) in [6.45, 7) is 3.58.